The molecule has 2 heterocycles. The van der Waals surface area contributed by atoms with Gasteiger partial charge in [0, 0.05) is 7.05 Å². The van der Waals surface area contributed by atoms with Crippen molar-refractivity contribution in [2.75, 3.05) is 23.8 Å². The number of fused-ring (bicyclic) bond motifs is 1. The molecule has 0 bridgehead atoms. The Morgan fingerprint density at radius 3 is 2.41 bits per heavy atom. The van der Waals surface area contributed by atoms with Crippen molar-refractivity contribution in [3.05, 3.63) is 35.9 Å². The van der Waals surface area contributed by atoms with Crippen molar-refractivity contribution < 1.29 is 10.2 Å². The van der Waals surface area contributed by atoms with Gasteiger partial charge in [0.25, 0.3) is 0 Å². The van der Waals surface area contributed by atoms with Crippen LogP contribution < -0.4 is 10.6 Å². The third-order valence-corrected chi connectivity index (χ3v) is 4.46. The molecule has 0 spiro atoms. The summed E-state index contributed by atoms with van der Waals surface area (Å²) >= 11 is 0. The third kappa shape index (κ3) is 4.15. The monoisotopic (exact) mass is 371 g/mol. The lowest BCUT2D eigenvalue weighted by Gasteiger charge is -2.21. The predicted octanol–water partition coefficient (Wildman–Crippen LogP) is 1.33. The highest BCUT2D eigenvalue weighted by Gasteiger charge is 2.20. The first-order chi connectivity index (χ1) is 13.0. The average molecular weight is 371 g/mol. The Hall–Kier alpha value is -2.78. The standard InChI is InChI=1S/C18H25N7O2/c1-11(2)13(9-26)20-18-21-16(15-17(22-18)25(3)24-23-15)19-14(10-27)12-7-5-4-6-8-12/h4-8,11,13-14,26-27H,9-10H2,1-3H3,(H2,19,20,21,22)/t13-,14-/m0/s1. The van der Waals surface area contributed by atoms with E-state index in [1.165, 1.54) is 0 Å². The number of aromatic nitrogens is 5. The number of aliphatic hydroxyl groups is 2. The van der Waals surface area contributed by atoms with Crippen LogP contribution >= 0.6 is 0 Å². The SMILES string of the molecule is CC(C)[C@H](CO)Nc1nc(N[C@@H](CO)c2ccccc2)c2nnn(C)c2n1. The fraction of sp³-hybridized carbons (Fsp3) is 0.444. The van der Waals surface area contributed by atoms with Gasteiger partial charge in [0.15, 0.2) is 17.0 Å². The zero-order chi connectivity index (χ0) is 19.4. The Bertz CT molecular complexity index is 882. The van der Waals surface area contributed by atoms with E-state index in [0.717, 1.165) is 5.56 Å². The fourth-order valence-electron chi connectivity index (χ4n) is 2.75. The minimum atomic E-state index is -0.349. The summed E-state index contributed by atoms with van der Waals surface area (Å²) < 4.78 is 1.56. The number of hydrogen-bond acceptors (Lipinski definition) is 8. The van der Waals surface area contributed by atoms with Crippen LogP contribution in [0.25, 0.3) is 11.2 Å². The first-order valence-electron chi connectivity index (χ1n) is 8.90. The van der Waals surface area contributed by atoms with Crippen LogP contribution in [-0.4, -0.2) is 54.4 Å². The van der Waals surface area contributed by atoms with Crippen LogP contribution in [0, 0.1) is 5.92 Å². The molecule has 0 unspecified atom stereocenters. The fourth-order valence-corrected chi connectivity index (χ4v) is 2.75. The second-order valence-corrected chi connectivity index (χ2v) is 6.75. The predicted molar refractivity (Wildman–Crippen MR) is 103 cm³/mol. The van der Waals surface area contributed by atoms with Gasteiger partial charge in [-0.25, -0.2) is 4.68 Å². The lowest BCUT2D eigenvalue weighted by atomic mass is 10.1. The van der Waals surface area contributed by atoms with Crippen LogP contribution in [0.5, 0.6) is 0 Å². The Labute approximate surface area is 157 Å². The van der Waals surface area contributed by atoms with Gasteiger partial charge < -0.3 is 20.8 Å². The van der Waals surface area contributed by atoms with Crippen molar-refractivity contribution in [1.82, 2.24) is 25.0 Å². The number of nitrogens with one attached hydrogen (secondary N) is 2. The number of benzene rings is 1. The number of rotatable bonds is 8. The zero-order valence-corrected chi connectivity index (χ0v) is 15.7. The van der Waals surface area contributed by atoms with Crippen molar-refractivity contribution in [1.29, 1.82) is 0 Å². The minimum absolute atomic E-state index is 0.0330. The maximum atomic E-state index is 9.85. The van der Waals surface area contributed by atoms with Crippen LogP contribution in [0.2, 0.25) is 0 Å². The van der Waals surface area contributed by atoms with E-state index in [1.54, 1.807) is 11.7 Å². The summed E-state index contributed by atoms with van der Waals surface area (Å²) in [4.78, 5) is 9.00. The van der Waals surface area contributed by atoms with Crippen molar-refractivity contribution in [3.8, 4) is 0 Å². The summed E-state index contributed by atoms with van der Waals surface area (Å²) in [5.74, 6) is 1.04. The Kier molecular flexibility index (Phi) is 5.82. The molecule has 0 aliphatic rings. The molecule has 2 atom stereocenters. The molecule has 27 heavy (non-hydrogen) atoms. The van der Waals surface area contributed by atoms with Crippen LogP contribution in [0.15, 0.2) is 30.3 Å². The zero-order valence-electron chi connectivity index (χ0n) is 15.7. The summed E-state index contributed by atoms with van der Waals surface area (Å²) in [6.07, 6.45) is 0. The highest BCUT2D eigenvalue weighted by molar-refractivity contribution is 5.83. The average Bonchev–Trinajstić information content (AvgIpc) is 3.05. The number of nitrogens with zero attached hydrogens (tertiary/aromatic N) is 5. The smallest absolute Gasteiger partial charge is 0.227 e. The van der Waals surface area contributed by atoms with E-state index >= 15 is 0 Å². The van der Waals surface area contributed by atoms with Gasteiger partial charge in [-0.15, -0.1) is 5.10 Å². The normalized spacial score (nSPS) is 13.7. The number of aliphatic hydroxyl groups excluding tert-OH is 2. The molecule has 3 aromatic rings. The van der Waals surface area contributed by atoms with Gasteiger partial charge in [-0.2, -0.15) is 9.97 Å². The van der Waals surface area contributed by atoms with E-state index in [1.807, 2.05) is 44.2 Å². The van der Waals surface area contributed by atoms with Crippen molar-refractivity contribution in [2.24, 2.45) is 13.0 Å². The van der Waals surface area contributed by atoms with Gasteiger partial charge >= 0.3 is 0 Å². The van der Waals surface area contributed by atoms with E-state index < -0.39 is 0 Å². The molecule has 144 valence electrons. The molecule has 2 aromatic heterocycles. The number of hydrogen-bond donors (Lipinski definition) is 4. The molecule has 0 fully saturated rings. The van der Waals surface area contributed by atoms with Crippen LogP contribution in [-0.2, 0) is 7.05 Å². The van der Waals surface area contributed by atoms with E-state index in [2.05, 4.69) is 30.9 Å². The molecular weight excluding hydrogens is 346 g/mol. The van der Waals surface area contributed by atoms with Gasteiger partial charge in [0.1, 0.15) is 0 Å². The molecule has 0 amide bonds. The molecule has 1 aromatic carbocycles. The summed E-state index contributed by atoms with van der Waals surface area (Å²) in [5.41, 5.74) is 2.00. The van der Waals surface area contributed by atoms with Crippen LogP contribution in [0.1, 0.15) is 25.5 Å². The summed E-state index contributed by atoms with van der Waals surface area (Å²) in [6.45, 7) is 3.88. The molecule has 0 aliphatic carbocycles. The molecule has 9 heteroatoms. The van der Waals surface area contributed by atoms with E-state index in [9.17, 15) is 10.2 Å². The maximum absolute atomic E-state index is 9.85. The van der Waals surface area contributed by atoms with Gasteiger partial charge in [0.2, 0.25) is 5.95 Å². The van der Waals surface area contributed by atoms with Crippen molar-refractivity contribution in [3.63, 3.8) is 0 Å². The van der Waals surface area contributed by atoms with Crippen LogP contribution in [0.4, 0.5) is 11.8 Å². The van der Waals surface area contributed by atoms with Crippen LogP contribution in [0.3, 0.4) is 0 Å². The third-order valence-electron chi connectivity index (χ3n) is 4.46. The lowest BCUT2D eigenvalue weighted by Crippen LogP contribution is -2.30. The first-order valence-corrected chi connectivity index (χ1v) is 8.90. The van der Waals surface area contributed by atoms with Crippen molar-refractivity contribution >= 4 is 22.9 Å². The van der Waals surface area contributed by atoms with Crippen molar-refractivity contribution in [2.45, 2.75) is 25.9 Å². The number of anilines is 2. The largest absolute Gasteiger partial charge is 0.394 e. The molecule has 3 rings (SSSR count). The molecule has 0 saturated heterocycles. The molecule has 0 saturated carbocycles. The maximum Gasteiger partial charge on any atom is 0.227 e. The molecular formula is C18H25N7O2. The quantitative estimate of drug-likeness (QED) is 0.468. The molecule has 9 nitrogen and oxygen atoms in total. The number of aryl methyl sites for hydroxylation is 1. The summed E-state index contributed by atoms with van der Waals surface area (Å²) in [6, 6.07) is 9.09. The Morgan fingerprint density at radius 1 is 1.04 bits per heavy atom. The summed E-state index contributed by atoms with van der Waals surface area (Å²) in [5, 5.41) is 34.0. The Morgan fingerprint density at radius 2 is 1.78 bits per heavy atom. The summed E-state index contributed by atoms with van der Waals surface area (Å²) in [7, 11) is 1.75. The molecule has 0 aliphatic heterocycles. The highest BCUT2D eigenvalue weighted by Crippen LogP contribution is 2.25. The first kappa shape index (κ1) is 19.0. The topological polar surface area (TPSA) is 121 Å². The molecule has 0 radical (unpaired) electrons. The lowest BCUT2D eigenvalue weighted by molar-refractivity contribution is 0.248. The van der Waals surface area contributed by atoms with Gasteiger partial charge in [-0.3, -0.25) is 0 Å². The van der Waals surface area contributed by atoms with Gasteiger partial charge in [-0.1, -0.05) is 49.4 Å². The van der Waals surface area contributed by atoms with E-state index in [-0.39, 0.29) is 31.2 Å². The van der Waals surface area contributed by atoms with Gasteiger partial charge in [-0.05, 0) is 11.5 Å². The molecule has 4 N–H and O–H groups in total. The van der Waals surface area contributed by atoms with Gasteiger partial charge in [0.05, 0.1) is 25.3 Å². The second kappa shape index (κ2) is 8.28. The highest BCUT2D eigenvalue weighted by atomic mass is 16.3. The van der Waals surface area contributed by atoms with E-state index in [4.69, 9.17) is 0 Å². The Balaban J connectivity index is 1.98. The van der Waals surface area contributed by atoms with E-state index in [0.29, 0.717) is 22.9 Å². The minimum Gasteiger partial charge on any atom is -0.394 e. The second-order valence-electron chi connectivity index (χ2n) is 6.75.